The van der Waals surface area contributed by atoms with E-state index in [-0.39, 0.29) is 0 Å². The molecule has 0 saturated carbocycles. The summed E-state index contributed by atoms with van der Waals surface area (Å²) in [6, 6.07) is 8.11. The molecule has 1 aromatic heterocycles. The topological polar surface area (TPSA) is 79.6 Å². The van der Waals surface area contributed by atoms with Crippen LogP contribution in [0.3, 0.4) is 0 Å². The Hall–Kier alpha value is -3.06. The lowest BCUT2D eigenvalue weighted by atomic mass is 10.1. The molecule has 0 spiro atoms. The number of benzene rings is 1. The van der Waals surface area contributed by atoms with E-state index in [1.807, 2.05) is 35.9 Å². The normalized spacial score (nSPS) is 14.4. The van der Waals surface area contributed by atoms with E-state index >= 15 is 0 Å². The molecule has 0 amide bonds. The standard InChI is InChI=1S/C20H26N4O.CH4O.CH2O/c1-5-18(20-21-11-6-12-23(20)3)19-15(2)13-22-24(19)14-16-7-9-17(25-4)10-8-16;2*1-2/h5,7-10,13,21H,1,6,11-12,14H2,2-4H3;2H,1H3;1H2/b20-18+;;. The van der Waals surface area contributed by atoms with Crippen molar-refractivity contribution in [2.24, 2.45) is 0 Å². The van der Waals surface area contributed by atoms with Crippen LogP contribution in [-0.4, -0.2) is 60.9 Å². The summed E-state index contributed by atoms with van der Waals surface area (Å²) in [6.45, 7) is 10.9. The Bertz CT molecular complexity index is 797. The van der Waals surface area contributed by atoms with Gasteiger partial charge in [-0.2, -0.15) is 5.10 Å². The maximum Gasteiger partial charge on any atom is 0.118 e. The Kier molecular flexibility index (Phi) is 10.3. The highest BCUT2D eigenvalue weighted by molar-refractivity contribution is 5.75. The zero-order valence-electron chi connectivity index (χ0n) is 17.8. The minimum atomic E-state index is 0.710. The number of hydrogen-bond acceptors (Lipinski definition) is 6. The molecule has 0 bridgehead atoms. The first-order valence-electron chi connectivity index (χ1n) is 9.35. The SMILES string of the molecule is C=C/C(=C1/NCCCN1C)c1c(C)cnn1Cc1ccc(OC)cc1.C=O.CO. The van der Waals surface area contributed by atoms with Crippen molar-refractivity contribution < 1.29 is 14.6 Å². The number of ether oxygens (including phenoxy) is 1. The zero-order chi connectivity index (χ0) is 21.8. The summed E-state index contributed by atoms with van der Waals surface area (Å²) in [6.07, 6.45) is 5.00. The molecular formula is C22H32N4O3. The highest BCUT2D eigenvalue weighted by Crippen LogP contribution is 2.26. The second kappa shape index (κ2) is 12.4. The van der Waals surface area contributed by atoms with Gasteiger partial charge >= 0.3 is 0 Å². The third-order valence-electron chi connectivity index (χ3n) is 4.57. The Morgan fingerprint density at radius 1 is 1.31 bits per heavy atom. The van der Waals surface area contributed by atoms with E-state index in [0.29, 0.717) is 6.54 Å². The smallest absolute Gasteiger partial charge is 0.118 e. The number of carbonyl (C=O) groups is 1. The van der Waals surface area contributed by atoms with Crippen LogP contribution >= 0.6 is 0 Å². The summed E-state index contributed by atoms with van der Waals surface area (Å²) >= 11 is 0. The highest BCUT2D eigenvalue weighted by Gasteiger charge is 2.19. The van der Waals surface area contributed by atoms with Crippen molar-refractivity contribution in [3.63, 3.8) is 0 Å². The molecule has 0 atom stereocenters. The number of rotatable bonds is 5. The van der Waals surface area contributed by atoms with Gasteiger partial charge in [-0.25, -0.2) is 0 Å². The molecule has 1 aliphatic heterocycles. The van der Waals surface area contributed by atoms with Gasteiger partial charge in [-0.1, -0.05) is 24.8 Å². The summed E-state index contributed by atoms with van der Waals surface area (Å²) in [5, 5.41) is 15.1. The fourth-order valence-corrected chi connectivity index (χ4v) is 3.23. The second-order valence-corrected chi connectivity index (χ2v) is 6.35. The van der Waals surface area contributed by atoms with Gasteiger partial charge in [0, 0.05) is 32.8 Å². The lowest BCUT2D eigenvalue weighted by Crippen LogP contribution is -2.37. The number of allylic oxidation sites excluding steroid dienone is 2. The van der Waals surface area contributed by atoms with Crippen molar-refractivity contribution in [2.75, 3.05) is 34.4 Å². The molecule has 29 heavy (non-hydrogen) atoms. The summed E-state index contributed by atoms with van der Waals surface area (Å²) in [5.74, 6) is 1.99. The lowest BCUT2D eigenvalue weighted by molar-refractivity contribution is -0.0979. The monoisotopic (exact) mass is 400 g/mol. The molecule has 1 aliphatic rings. The van der Waals surface area contributed by atoms with Crippen LogP contribution in [-0.2, 0) is 11.3 Å². The molecule has 1 fully saturated rings. The average molecular weight is 401 g/mol. The number of nitrogens with one attached hydrogen (secondary N) is 1. The molecule has 158 valence electrons. The number of aromatic nitrogens is 2. The zero-order valence-corrected chi connectivity index (χ0v) is 17.8. The minimum absolute atomic E-state index is 0.710. The van der Waals surface area contributed by atoms with E-state index in [2.05, 4.69) is 48.0 Å². The Balaban J connectivity index is 0.000000989. The summed E-state index contributed by atoms with van der Waals surface area (Å²) in [5.41, 5.74) is 4.55. The fraction of sp³-hybridized carbons (Fsp3) is 0.364. The van der Waals surface area contributed by atoms with Gasteiger partial charge in [-0.15, -0.1) is 0 Å². The second-order valence-electron chi connectivity index (χ2n) is 6.35. The van der Waals surface area contributed by atoms with Gasteiger partial charge in [-0.05, 0) is 36.6 Å². The van der Waals surface area contributed by atoms with Crippen molar-refractivity contribution in [1.29, 1.82) is 0 Å². The van der Waals surface area contributed by atoms with Crippen LogP contribution in [0.2, 0.25) is 0 Å². The van der Waals surface area contributed by atoms with Crippen molar-refractivity contribution in [1.82, 2.24) is 20.0 Å². The number of hydrogen-bond donors (Lipinski definition) is 2. The molecule has 0 unspecified atom stereocenters. The Labute approximate surface area is 173 Å². The lowest BCUT2D eigenvalue weighted by Gasteiger charge is -2.31. The summed E-state index contributed by atoms with van der Waals surface area (Å²) < 4.78 is 7.28. The number of aryl methyl sites for hydroxylation is 1. The van der Waals surface area contributed by atoms with E-state index in [0.717, 1.165) is 55.0 Å². The maximum absolute atomic E-state index is 8.00. The molecule has 1 aromatic carbocycles. The number of nitrogens with zero attached hydrogens (tertiary/aromatic N) is 3. The molecule has 0 aliphatic carbocycles. The first-order valence-corrected chi connectivity index (χ1v) is 9.35. The molecule has 7 nitrogen and oxygen atoms in total. The van der Waals surface area contributed by atoms with Gasteiger partial charge in [0.15, 0.2) is 0 Å². The van der Waals surface area contributed by atoms with E-state index < -0.39 is 0 Å². The molecule has 0 radical (unpaired) electrons. The predicted molar refractivity (Wildman–Crippen MR) is 117 cm³/mol. The molecule has 1 saturated heterocycles. The Morgan fingerprint density at radius 3 is 2.52 bits per heavy atom. The molecule has 2 heterocycles. The minimum Gasteiger partial charge on any atom is -0.497 e. The van der Waals surface area contributed by atoms with E-state index in [1.54, 1.807) is 7.11 Å². The first kappa shape index (κ1) is 24.0. The van der Waals surface area contributed by atoms with Gasteiger partial charge in [0.25, 0.3) is 0 Å². The van der Waals surface area contributed by atoms with Gasteiger partial charge in [-0.3, -0.25) is 4.68 Å². The van der Waals surface area contributed by atoms with E-state index in [9.17, 15) is 0 Å². The van der Waals surface area contributed by atoms with Crippen LogP contribution in [0.1, 0.15) is 23.2 Å². The molecular weight excluding hydrogens is 368 g/mol. The molecule has 2 N–H and O–H groups in total. The van der Waals surface area contributed by atoms with E-state index in [4.69, 9.17) is 14.6 Å². The third-order valence-corrected chi connectivity index (χ3v) is 4.57. The maximum atomic E-state index is 8.00. The average Bonchev–Trinajstić information content (AvgIpc) is 3.13. The molecule has 2 aromatic rings. The summed E-state index contributed by atoms with van der Waals surface area (Å²) in [7, 11) is 4.80. The van der Waals surface area contributed by atoms with Crippen molar-refractivity contribution >= 4 is 12.4 Å². The van der Waals surface area contributed by atoms with Gasteiger partial charge in [0.1, 0.15) is 18.4 Å². The quantitative estimate of drug-likeness (QED) is 0.803. The first-order chi connectivity index (χ1) is 14.1. The van der Waals surface area contributed by atoms with Crippen LogP contribution < -0.4 is 10.1 Å². The highest BCUT2D eigenvalue weighted by atomic mass is 16.5. The van der Waals surface area contributed by atoms with Crippen LogP contribution in [0.5, 0.6) is 5.75 Å². The number of aliphatic hydroxyl groups excluding tert-OH is 1. The largest absolute Gasteiger partial charge is 0.497 e. The van der Waals surface area contributed by atoms with Crippen LogP contribution in [0, 0.1) is 6.92 Å². The van der Waals surface area contributed by atoms with Crippen LogP contribution in [0.25, 0.3) is 5.57 Å². The molecule has 7 heteroatoms. The number of carbonyl (C=O) groups excluding carboxylic acids is 1. The summed E-state index contributed by atoms with van der Waals surface area (Å²) in [4.78, 5) is 10.3. The predicted octanol–water partition coefficient (Wildman–Crippen LogP) is 2.45. The van der Waals surface area contributed by atoms with E-state index in [1.165, 1.54) is 5.56 Å². The number of methoxy groups -OCH3 is 1. The van der Waals surface area contributed by atoms with Crippen molar-refractivity contribution in [2.45, 2.75) is 19.9 Å². The molecule has 3 rings (SSSR count). The van der Waals surface area contributed by atoms with Crippen LogP contribution in [0.4, 0.5) is 0 Å². The fourth-order valence-electron chi connectivity index (χ4n) is 3.23. The van der Waals surface area contributed by atoms with Crippen molar-refractivity contribution in [3.05, 3.63) is 65.8 Å². The van der Waals surface area contributed by atoms with Gasteiger partial charge < -0.3 is 24.9 Å². The van der Waals surface area contributed by atoms with Gasteiger partial charge in [0.05, 0.1) is 25.5 Å². The third kappa shape index (κ3) is 5.96. The number of aliphatic hydroxyl groups is 1. The van der Waals surface area contributed by atoms with Crippen LogP contribution in [0.15, 0.2) is 48.9 Å². The van der Waals surface area contributed by atoms with Crippen molar-refractivity contribution in [3.8, 4) is 5.75 Å². The Morgan fingerprint density at radius 2 is 1.97 bits per heavy atom. The van der Waals surface area contributed by atoms with Gasteiger partial charge in [0.2, 0.25) is 0 Å².